The van der Waals surface area contributed by atoms with Crippen LogP contribution in [0.3, 0.4) is 0 Å². The number of nitrogens with zero attached hydrogens (tertiary/aromatic N) is 2. The highest BCUT2D eigenvalue weighted by molar-refractivity contribution is 8.03. The maximum absolute atomic E-state index is 3.59. The molecule has 0 radical (unpaired) electrons. The van der Waals surface area contributed by atoms with Crippen LogP contribution >= 0.6 is 11.8 Å². The van der Waals surface area contributed by atoms with Crippen LogP contribution in [0.5, 0.6) is 0 Å². The van der Waals surface area contributed by atoms with Crippen molar-refractivity contribution in [1.29, 1.82) is 0 Å². The van der Waals surface area contributed by atoms with E-state index in [4.69, 9.17) is 0 Å². The average molecular weight is 636 g/mol. The molecular formula is C44H33N3S. The zero-order valence-corrected chi connectivity index (χ0v) is 27.4. The van der Waals surface area contributed by atoms with E-state index in [-0.39, 0.29) is 5.37 Å². The summed E-state index contributed by atoms with van der Waals surface area (Å²) < 4.78 is 4.84. The quantitative estimate of drug-likeness (QED) is 0.208. The molecule has 1 unspecified atom stereocenters. The van der Waals surface area contributed by atoms with Gasteiger partial charge in [-0.1, -0.05) is 103 Å². The molecule has 6 aromatic carbocycles. The number of hydrogen-bond donors (Lipinski definition) is 1. The average Bonchev–Trinajstić information content (AvgIpc) is 3.66. The lowest BCUT2D eigenvalue weighted by Gasteiger charge is -2.17. The lowest BCUT2D eigenvalue weighted by atomic mass is 10.0. The van der Waals surface area contributed by atoms with Crippen molar-refractivity contribution in [2.75, 3.05) is 0 Å². The molecule has 230 valence electrons. The number of para-hydroxylation sites is 3. The largest absolute Gasteiger partial charge is 0.375 e. The van der Waals surface area contributed by atoms with Gasteiger partial charge < -0.3 is 14.5 Å². The Balaban J connectivity index is 1.22. The van der Waals surface area contributed by atoms with Crippen molar-refractivity contribution in [3.05, 3.63) is 186 Å². The monoisotopic (exact) mass is 635 g/mol. The minimum atomic E-state index is 0.152. The third kappa shape index (κ3) is 4.85. The molecule has 3 nitrogen and oxygen atoms in total. The number of benzene rings is 6. The van der Waals surface area contributed by atoms with Gasteiger partial charge in [0.15, 0.2) is 0 Å². The predicted molar refractivity (Wildman–Crippen MR) is 206 cm³/mol. The molecule has 48 heavy (non-hydrogen) atoms. The number of allylic oxidation sites excluding steroid dienone is 5. The normalized spacial score (nSPS) is 18.1. The summed E-state index contributed by atoms with van der Waals surface area (Å²) in [6, 6.07) is 52.6. The second-order valence-electron chi connectivity index (χ2n) is 12.3. The first kappa shape index (κ1) is 28.5. The Morgan fingerprint density at radius 1 is 0.542 bits per heavy atom. The van der Waals surface area contributed by atoms with Crippen LogP contribution in [0.15, 0.2) is 175 Å². The summed E-state index contributed by atoms with van der Waals surface area (Å²) in [5.41, 5.74) is 10.7. The van der Waals surface area contributed by atoms with Gasteiger partial charge in [-0.3, -0.25) is 0 Å². The van der Waals surface area contributed by atoms with Crippen molar-refractivity contribution in [1.82, 2.24) is 14.5 Å². The molecule has 0 spiro atoms. The van der Waals surface area contributed by atoms with Gasteiger partial charge in [0.1, 0.15) is 5.37 Å². The van der Waals surface area contributed by atoms with E-state index in [1.54, 1.807) is 0 Å². The fourth-order valence-corrected chi connectivity index (χ4v) is 8.18. The Morgan fingerprint density at radius 2 is 1.15 bits per heavy atom. The van der Waals surface area contributed by atoms with Gasteiger partial charge in [0, 0.05) is 32.9 Å². The zero-order chi connectivity index (χ0) is 32.0. The van der Waals surface area contributed by atoms with Crippen molar-refractivity contribution < 1.29 is 0 Å². The maximum Gasteiger partial charge on any atom is 0.102 e. The van der Waals surface area contributed by atoms with Crippen LogP contribution in [0.1, 0.15) is 23.4 Å². The van der Waals surface area contributed by atoms with E-state index >= 15 is 0 Å². The standard InChI is InChI=1S/C44H33N3S/c1-30-26-32(17-13-25-45-44(48-30)31-14-4-2-5-15-31)33-16-12-20-35(27-33)47-41-24-11-9-22-37(41)39-28-38-36-21-8-10-23-40(36)46(42(38)29-43(39)47)34-18-6-3-7-19-34/h2-29,44-45H,1H3/b25-13+,30-26+,32-17+. The van der Waals surface area contributed by atoms with Gasteiger partial charge in [-0.25, -0.2) is 0 Å². The molecule has 9 rings (SSSR count). The van der Waals surface area contributed by atoms with E-state index < -0.39 is 0 Å². The smallest absolute Gasteiger partial charge is 0.102 e. The summed E-state index contributed by atoms with van der Waals surface area (Å²) in [4.78, 5) is 1.25. The molecule has 0 fully saturated rings. The van der Waals surface area contributed by atoms with Crippen molar-refractivity contribution >= 4 is 60.9 Å². The molecule has 2 aromatic heterocycles. The molecule has 0 saturated heterocycles. The van der Waals surface area contributed by atoms with Gasteiger partial charge in [0.25, 0.3) is 0 Å². The van der Waals surface area contributed by atoms with E-state index in [1.165, 1.54) is 65.2 Å². The molecule has 0 saturated carbocycles. The van der Waals surface area contributed by atoms with Crippen LogP contribution in [0.2, 0.25) is 0 Å². The van der Waals surface area contributed by atoms with Gasteiger partial charge in [-0.2, -0.15) is 0 Å². The Morgan fingerprint density at radius 3 is 1.85 bits per heavy atom. The minimum absolute atomic E-state index is 0.152. The molecule has 4 heteroatoms. The predicted octanol–water partition coefficient (Wildman–Crippen LogP) is 11.7. The highest BCUT2D eigenvalue weighted by Crippen LogP contribution is 2.40. The van der Waals surface area contributed by atoms with Gasteiger partial charge in [-0.05, 0) is 95.4 Å². The molecular weight excluding hydrogens is 603 g/mol. The lowest BCUT2D eigenvalue weighted by molar-refractivity contribution is 0.846. The topological polar surface area (TPSA) is 21.9 Å². The van der Waals surface area contributed by atoms with Crippen molar-refractivity contribution in [3.63, 3.8) is 0 Å². The fraction of sp³-hybridized carbons (Fsp3) is 0.0455. The second-order valence-corrected chi connectivity index (χ2v) is 13.6. The van der Waals surface area contributed by atoms with E-state index in [0.29, 0.717) is 0 Å². The third-order valence-corrected chi connectivity index (χ3v) is 10.4. The molecule has 3 heterocycles. The highest BCUT2D eigenvalue weighted by atomic mass is 32.2. The minimum Gasteiger partial charge on any atom is -0.375 e. The van der Waals surface area contributed by atoms with Crippen molar-refractivity contribution in [2.45, 2.75) is 12.3 Å². The molecule has 0 aliphatic carbocycles. The van der Waals surface area contributed by atoms with Crippen LogP contribution < -0.4 is 5.32 Å². The Bertz CT molecular complexity index is 2570. The Labute approximate surface area is 284 Å². The molecule has 8 aromatic rings. The number of fused-ring (bicyclic) bond motifs is 6. The van der Waals surface area contributed by atoms with E-state index in [0.717, 1.165) is 11.4 Å². The molecule has 1 aliphatic rings. The number of thioether (sulfide) groups is 1. The van der Waals surface area contributed by atoms with Crippen LogP contribution in [0.4, 0.5) is 0 Å². The summed E-state index contributed by atoms with van der Waals surface area (Å²) in [5, 5.41) is 8.78. The first-order valence-electron chi connectivity index (χ1n) is 16.4. The van der Waals surface area contributed by atoms with Gasteiger partial charge in [0.05, 0.1) is 22.1 Å². The SMILES string of the molecule is C\C1=C/C(c2cccc(-n3c4ccccc4c4cc5c6ccccc6n(-c6ccccc6)c5cc43)c2)=C\C=C\NC(c2ccccc2)S1. The van der Waals surface area contributed by atoms with E-state index in [1.807, 2.05) is 11.8 Å². The van der Waals surface area contributed by atoms with Gasteiger partial charge in [0.2, 0.25) is 0 Å². The van der Waals surface area contributed by atoms with Crippen molar-refractivity contribution in [3.8, 4) is 11.4 Å². The highest BCUT2D eigenvalue weighted by Gasteiger charge is 2.19. The summed E-state index contributed by atoms with van der Waals surface area (Å²) >= 11 is 1.84. The Hall–Kier alpha value is -5.71. The zero-order valence-electron chi connectivity index (χ0n) is 26.5. The number of hydrogen-bond acceptors (Lipinski definition) is 2. The molecule has 1 aliphatic heterocycles. The summed E-state index contributed by atoms with van der Waals surface area (Å²) in [7, 11) is 0. The Kier molecular flexibility index (Phi) is 7.02. The van der Waals surface area contributed by atoms with Crippen molar-refractivity contribution in [2.24, 2.45) is 0 Å². The summed E-state index contributed by atoms with van der Waals surface area (Å²) in [6.07, 6.45) is 8.69. The maximum atomic E-state index is 3.59. The summed E-state index contributed by atoms with van der Waals surface area (Å²) in [5.74, 6) is 0. The summed E-state index contributed by atoms with van der Waals surface area (Å²) in [6.45, 7) is 2.20. The van der Waals surface area contributed by atoms with E-state index in [2.05, 4.69) is 191 Å². The molecule has 1 N–H and O–H groups in total. The number of nitrogens with one attached hydrogen (secondary N) is 1. The van der Waals surface area contributed by atoms with Crippen LogP contribution in [0, 0.1) is 0 Å². The van der Waals surface area contributed by atoms with Crippen LogP contribution in [0.25, 0.3) is 60.6 Å². The number of aromatic nitrogens is 2. The molecule has 0 bridgehead atoms. The fourth-order valence-electron chi connectivity index (χ4n) is 7.18. The first-order chi connectivity index (χ1) is 23.7. The number of rotatable bonds is 4. The van der Waals surface area contributed by atoms with Crippen LogP contribution in [-0.4, -0.2) is 9.13 Å². The second kappa shape index (κ2) is 11.8. The first-order valence-corrected chi connectivity index (χ1v) is 17.3. The molecule has 1 atom stereocenters. The molecule has 0 amide bonds. The van der Waals surface area contributed by atoms with E-state index in [9.17, 15) is 0 Å². The lowest BCUT2D eigenvalue weighted by Crippen LogP contribution is -2.11. The van der Waals surface area contributed by atoms with Gasteiger partial charge >= 0.3 is 0 Å². The van der Waals surface area contributed by atoms with Gasteiger partial charge in [-0.15, -0.1) is 11.8 Å². The van der Waals surface area contributed by atoms with Crippen LogP contribution in [-0.2, 0) is 0 Å². The third-order valence-electron chi connectivity index (χ3n) is 9.30.